The number of primary amides is 1. The molecular weight excluding hydrogens is 608 g/mol. The highest BCUT2D eigenvalue weighted by Gasteiger charge is 2.27. The second-order valence-electron chi connectivity index (χ2n) is 11.2. The topological polar surface area (TPSA) is 232 Å². The van der Waals surface area contributed by atoms with Gasteiger partial charge >= 0.3 is 5.97 Å². The molecule has 2 aromatic heterocycles. The zero-order valence-electron chi connectivity index (χ0n) is 24.9. The molecule has 47 heavy (non-hydrogen) atoms. The number of fused-ring (bicyclic) bond motifs is 2. The number of hydrogen-bond acceptors (Lipinski definition) is 10. The van der Waals surface area contributed by atoms with Crippen molar-refractivity contribution in [2.75, 3.05) is 17.2 Å². The van der Waals surface area contributed by atoms with Gasteiger partial charge in [-0.2, -0.15) is 5.10 Å². The van der Waals surface area contributed by atoms with Crippen LogP contribution in [0.5, 0.6) is 0 Å². The third kappa shape index (κ3) is 5.65. The van der Waals surface area contributed by atoms with E-state index in [9.17, 15) is 28.8 Å². The summed E-state index contributed by atoms with van der Waals surface area (Å²) in [6, 6.07) is 12.4. The molecule has 5 aromatic rings. The Kier molecular flexibility index (Phi) is 7.72. The van der Waals surface area contributed by atoms with Gasteiger partial charge in [0.15, 0.2) is 5.65 Å². The Balaban J connectivity index is 1.22. The fraction of sp³-hybridized carbons (Fsp3) is 0.188. The van der Waals surface area contributed by atoms with Gasteiger partial charge in [-0.25, -0.2) is 14.3 Å². The summed E-state index contributed by atoms with van der Waals surface area (Å²) in [5, 5.41) is 18.8. The zero-order chi connectivity index (χ0) is 33.6. The molecule has 0 fully saturated rings. The molecule has 0 saturated heterocycles. The molecule has 3 aromatic carbocycles. The van der Waals surface area contributed by atoms with E-state index >= 15 is 0 Å². The molecular formula is C32H28N8O7. The molecule has 0 saturated carbocycles. The molecule has 15 heteroatoms. The minimum absolute atomic E-state index is 0.0269. The molecule has 1 aliphatic heterocycles. The number of rotatable bonds is 9. The van der Waals surface area contributed by atoms with E-state index in [1.807, 2.05) is 18.2 Å². The molecule has 0 radical (unpaired) electrons. The van der Waals surface area contributed by atoms with Gasteiger partial charge in [0.1, 0.15) is 28.3 Å². The van der Waals surface area contributed by atoms with Crippen LogP contribution in [0.2, 0.25) is 0 Å². The van der Waals surface area contributed by atoms with Gasteiger partial charge in [-0.15, -0.1) is 0 Å². The average Bonchev–Trinajstić information content (AvgIpc) is 3.51. The number of benzene rings is 2. The predicted molar refractivity (Wildman–Crippen MR) is 169 cm³/mol. The Morgan fingerprint density at radius 2 is 1.74 bits per heavy atom. The molecule has 3 amide bonds. The van der Waals surface area contributed by atoms with Crippen LogP contribution in [-0.2, 0) is 19.5 Å². The minimum Gasteiger partial charge on any atom is -0.478 e. The molecule has 0 unspecified atom stereocenters. The Morgan fingerprint density at radius 1 is 1.00 bits per heavy atom. The SMILES string of the molecule is C[C@H](NC(=O)c1cc(C(=O)NCc2ccc3c(c2)CN(c2c(N)c(=O)c2=O)CC3)nc2c(C(N)=O)cnn12)c1ccc(C(=O)O)cc1. The molecule has 3 heterocycles. The Morgan fingerprint density at radius 3 is 2.43 bits per heavy atom. The molecule has 1 atom stereocenters. The van der Waals surface area contributed by atoms with E-state index in [0.717, 1.165) is 27.4 Å². The third-order valence-electron chi connectivity index (χ3n) is 8.18. The summed E-state index contributed by atoms with van der Waals surface area (Å²) >= 11 is 0. The maximum atomic E-state index is 13.4. The van der Waals surface area contributed by atoms with Crippen molar-refractivity contribution >= 4 is 40.7 Å². The number of nitrogens with zero attached hydrogens (tertiary/aromatic N) is 4. The normalized spacial score (nSPS) is 13.3. The second kappa shape index (κ2) is 11.8. The van der Waals surface area contributed by atoms with Crippen molar-refractivity contribution in [1.82, 2.24) is 25.2 Å². The Bertz CT molecular complexity index is 2180. The third-order valence-corrected chi connectivity index (χ3v) is 8.18. The van der Waals surface area contributed by atoms with Crippen molar-refractivity contribution in [2.45, 2.75) is 32.5 Å². The fourth-order valence-electron chi connectivity index (χ4n) is 5.58. The van der Waals surface area contributed by atoms with Crippen molar-refractivity contribution in [3.05, 3.63) is 120 Å². The fourth-order valence-corrected chi connectivity index (χ4v) is 5.58. The summed E-state index contributed by atoms with van der Waals surface area (Å²) in [5.74, 6) is -3.20. The largest absolute Gasteiger partial charge is 0.478 e. The summed E-state index contributed by atoms with van der Waals surface area (Å²) < 4.78 is 1.12. The number of aromatic nitrogens is 3. The number of carboxylic acid groups (broad SMARTS) is 1. The van der Waals surface area contributed by atoms with Gasteiger partial charge in [0, 0.05) is 25.7 Å². The summed E-state index contributed by atoms with van der Waals surface area (Å²) in [5.41, 5.74) is 13.3. The van der Waals surface area contributed by atoms with Crippen molar-refractivity contribution in [3.8, 4) is 0 Å². The lowest BCUT2D eigenvalue weighted by atomic mass is 9.96. The number of carboxylic acids is 1. The van der Waals surface area contributed by atoms with Gasteiger partial charge in [-0.3, -0.25) is 24.0 Å². The molecule has 0 bridgehead atoms. The first-order valence-corrected chi connectivity index (χ1v) is 14.5. The first kappa shape index (κ1) is 30.6. The molecule has 238 valence electrons. The van der Waals surface area contributed by atoms with Gasteiger partial charge in [-0.1, -0.05) is 30.3 Å². The summed E-state index contributed by atoms with van der Waals surface area (Å²) in [6.07, 6.45) is 1.80. The quantitative estimate of drug-likeness (QED) is 0.141. The van der Waals surface area contributed by atoms with Crippen LogP contribution in [0.15, 0.2) is 64.3 Å². The van der Waals surface area contributed by atoms with E-state index < -0.39 is 40.6 Å². The summed E-state index contributed by atoms with van der Waals surface area (Å²) in [6.45, 7) is 2.71. The van der Waals surface area contributed by atoms with Gasteiger partial charge in [0.25, 0.3) is 28.6 Å². The van der Waals surface area contributed by atoms with Crippen molar-refractivity contribution in [2.24, 2.45) is 5.73 Å². The van der Waals surface area contributed by atoms with Crippen LogP contribution in [0.4, 0.5) is 11.4 Å². The smallest absolute Gasteiger partial charge is 0.335 e. The highest BCUT2D eigenvalue weighted by atomic mass is 16.4. The second-order valence-corrected chi connectivity index (χ2v) is 11.2. The van der Waals surface area contributed by atoms with Gasteiger partial charge in [-0.05, 0) is 47.7 Å². The molecule has 7 N–H and O–H groups in total. The first-order chi connectivity index (χ1) is 22.4. The van der Waals surface area contributed by atoms with Crippen molar-refractivity contribution < 1.29 is 24.3 Å². The summed E-state index contributed by atoms with van der Waals surface area (Å²) in [4.78, 5) is 79.8. The first-order valence-electron chi connectivity index (χ1n) is 14.5. The molecule has 0 aliphatic carbocycles. The van der Waals surface area contributed by atoms with Crippen molar-refractivity contribution in [1.29, 1.82) is 0 Å². The number of carbonyl (C=O) groups is 4. The van der Waals surface area contributed by atoms with E-state index in [0.29, 0.717) is 25.1 Å². The van der Waals surface area contributed by atoms with Gasteiger partial charge in [0.2, 0.25) is 0 Å². The lowest BCUT2D eigenvalue weighted by Crippen LogP contribution is -2.44. The van der Waals surface area contributed by atoms with E-state index in [1.54, 1.807) is 24.0 Å². The van der Waals surface area contributed by atoms with Crippen LogP contribution in [0.25, 0.3) is 5.65 Å². The highest BCUT2D eigenvalue weighted by Crippen LogP contribution is 2.26. The number of nitrogen functional groups attached to an aromatic ring is 1. The number of amides is 3. The molecule has 1 aliphatic rings. The molecule has 15 nitrogen and oxygen atoms in total. The Labute approximate surface area is 265 Å². The number of anilines is 2. The average molecular weight is 637 g/mol. The van der Waals surface area contributed by atoms with E-state index in [4.69, 9.17) is 16.6 Å². The van der Waals surface area contributed by atoms with Crippen LogP contribution >= 0.6 is 0 Å². The lowest BCUT2D eigenvalue weighted by Gasteiger charge is -2.32. The van der Waals surface area contributed by atoms with Crippen LogP contribution in [-0.4, -0.2) is 49.9 Å². The molecule has 6 rings (SSSR count). The van der Waals surface area contributed by atoms with Crippen LogP contribution in [0.1, 0.15) is 76.9 Å². The number of carbonyl (C=O) groups excluding carboxylic acids is 3. The molecule has 0 spiro atoms. The number of hydrogen-bond donors (Lipinski definition) is 5. The van der Waals surface area contributed by atoms with Gasteiger partial charge < -0.3 is 32.1 Å². The predicted octanol–water partition coefficient (Wildman–Crippen LogP) is 0.688. The minimum atomic E-state index is -1.08. The van der Waals surface area contributed by atoms with E-state index in [1.165, 1.54) is 18.2 Å². The zero-order valence-corrected chi connectivity index (χ0v) is 24.9. The van der Waals surface area contributed by atoms with E-state index in [2.05, 4.69) is 20.7 Å². The lowest BCUT2D eigenvalue weighted by molar-refractivity contribution is 0.0695. The van der Waals surface area contributed by atoms with Crippen LogP contribution < -0.4 is 37.9 Å². The van der Waals surface area contributed by atoms with Crippen LogP contribution in [0.3, 0.4) is 0 Å². The van der Waals surface area contributed by atoms with Crippen LogP contribution in [0, 0.1) is 0 Å². The summed E-state index contributed by atoms with van der Waals surface area (Å²) in [7, 11) is 0. The van der Waals surface area contributed by atoms with Crippen molar-refractivity contribution in [3.63, 3.8) is 0 Å². The monoisotopic (exact) mass is 636 g/mol. The maximum absolute atomic E-state index is 13.4. The maximum Gasteiger partial charge on any atom is 0.335 e. The number of nitrogens with two attached hydrogens (primary N) is 2. The number of aromatic carboxylic acids is 1. The van der Waals surface area contributed by atoms with Gasteiger partial charge in [0.05, 0.1) is 17.8 Å². The van der Waals surface area contributed by atoms with E-state index in [-0.39, 0.29) is 46.1 Å². The highest BCUT2D eigenvalue weighted by molar-refractivity contribution is 6.02. The Hall–Kier alpha value is -6.38. The standard InChI is InChI=1S/C32H28N8O7/c1-15(17-4-6-19(7-5-17)32(46)47)37-31(45)23-11-22(38-29-21(28(34)43)13-36-40(23)29)30(44)35-12-16-2-3-18-8-9-39(14-20(18)10-16)25-24(33)26(41)27(25)42/h2-7,10-11,13,15H,8-9,12,14,33H2,1H3,(H2,34,43)(H,35,44)(H,37,45)(H,46,47)/t15-/m0/s1. The number of nitrogens with one attached hydrogen (secondary N) is 2.